The molecule has 0 saturated heterocycles. The lowest BCUT2D eigenvalue weighted by molar-refractivity contribution is 0.0923. The highest BCUT2D eigenvalue weighted by Crippen LogP contribution is 2.29. The van der Waals surface area contributed by atoms with Crippen molar-refractivity contribution in [3.8, 4) is 16.9 Å². The molecule has 102 valence electrons. The first-order chi connectivity index (χ1) is 9.74. The molecule has 2 heteroatoms. The third-order valence-electron chi connectivity index (χ3n) is 4.10. The van der Waals surface area contributed by atoms with E-state index in [-0.39, 0.29) is 11.7 Å². The molecule has 0 radical (unpaired) electrons. The van der Waals surface area contributed by atoms with Crippen molar-refractivity contribution < 1.29 is 9.90 Å². The van der Waals surface area contributed by atoms with Gasteiger partial charge < -0.3 is 5.11 Å². The molecule has 1 aliphatic carbocycles. The minimum absolute atomic E-state index is 0.231. The average Bonchev–Trinajstić information content (AvgIpc) is 3.02. The average molecular weight is 266 g/mol. The van der Waals surface area contributed by atoms with E-state index in [1.807, 2.05) is 36.4 Å². The summed E-state index contributed by atoms with van der Waals surface area (Å²) in [6.45, 7) is 0. The van der Waals surface area contributed by atoms with Crippen LogP contribution < -0.4 is 0 Å². The number of aromatic hydroxyl groups is 1. The van der Waals surface area contributed by atoms with Gasteiger partial charge in [-0.1, -0.05) is 49.2 Å². The van der Waals surface area contributed by atoms with Gasteiger partial charge in [0.2, 0.25) is 0 Å². The third-order valence-corrected chi connectivity index (χ3v) is 4.10. The van der Waals surface area contributed by atoms with Gasteiger partial charge in [0.05, 0.1) is 0 Å². The van der Waals surface area contributed by atoms with Crippen LogP contribution >= 0.6 is 0 Å². The number of ketones is 1. The highest BCUT2D eigenvalue weighted by molar-refractivity contribution is 5.98. The van der Waals surface area contributed by atoms with Gasteiger partial charge in [-0.15, -0.1) is 0 Å². The summed E-state index contributed by atoms with van der Waals surface area (Å²) in [6.07, 6.45) is 4.45. The Morgan fingerprint density at radius 1 is 0.850 bits per heavy atom. The molecule has 1 saturated carbocycles. The molecule has 0 amide bonds. The number of phenols is 1. The van der Waals surface area contributed by atoms with Gasteiger partial charge in [0.15, 0.2) is 5.78 Å². The number of carbonyl (C=O) groups is 1. The summed E-state index contributed by atoms with van der Waals surface area (Å²) in [7, 11) is 0. The smallest absolute Gasteiger partial charge is 0.165 e. The largest absolute Gasteiger partial charge is 0.508 e. The number of benzene rings is 2. The molecule has 0 bridgehead atoms. The maximum Gasteiger partial charge on any atom is 0.165 e. The minimum atomic E-state index is 0.231. The van der Waals surface area contributed by atoms with Gasteiger partial charge >= 0.3 is 0 Å². The zero-order valence-corrected chi connectivity index (χ0v) is 11.4. The maximum absolute atomic E-state index is 12.3. The molecule has 0 spiro atoms. The van der Waals surface area contributed by atoms with Crippen molar-refractivity contribution >= 4 is 5.78 Å². The maximum atomic E-state index is 12.3. The van der Waals surface area contributed by atoms with Crippen LogP contribution in [0.25, 0.3) is 11.1 Å². The van der Waals surface area contributed by atoms with Gasteiger partial charge in [-0.05, 0) is 36.1 Å². The Kier molecular flexibility index (Phi) is 3.55. The van der Waals surface area contributed by atoms with E-state index in [1.165, 1.54) is 12.8 Å². The number of carbonyl (C=O) groups excluding carboxylic acids is 1. The molecule has 0 unspecified atom stereocenters. The van der Waals surface area contributed by atoms with Crippen molar-refractivity contribution in [3.05, 3.63) is 54.1 Å². The fourth-order valence-electron chi connectivity index (χ4n) is 2.90. The van der Waals surface area contributed by atoms with E-state index in [2.05, 4.69) is 0 Å². The van der Waals surface area contributed by atoms with Crippen molar-refractivity contribution in [1.29, 1.82) is 0 Å². The second-order valence-electron chi connectivity index (χ2n) is 5.47. The van der Waals surface area contributed by atoms with E-state index < -0.39 is 0 Å². The summed E-state index contributed by atoms with van der Waals surface area (Å²) < 4.78 is 0. The van der Waals surface area contributed by atoms with Crippen LogP contribution in [-0.4, -0.2) is 10.9 Å². The lowest BCUT2D eigenvalue weighted by Gasteiger charge is -2.09. The lowest BCUT2D eigenvalue weighted by Crippen LogP contribution is -2.10. The van der Waals surface area contributed by atoms with Crippen molar-refractivity contribution in [3.63, 3.8) is 0 Å². The molecule has 20 heavy (non-hydrogen) atoms. The van der Waals surface area contributed by atoms with E-state index in [9.17, 15) is 9.90 Å². The molecule has 2 aromatic rings. The van der Waals surface area contributed by atoms with Gasteiger partial charge in [0.25, 0.3) is 0 Å². The molecule has 0 atom stereocenters. The second kappa shape index (κ2) is 5.49. The zero-order valence-electron chi connectivity index (χ0n) is 11.4. The molecule has 1 fully saturated rings. The number of rotatable bonds is 3. The fraction of sp³-hybridized carbons (Fsp3) is 0.278. The molecule has 0 aliphatic heterocycles. The summed E-state index contributed by atoms with van der Waals surface area (Å²) in [5.74, 6) is 0.788. The van der Waals surface area contributed by atoms with Crippen LogP contribution in [0.1, 0.15) is 36.0 Å². The van der Waals surface area contributed by atoms with Crippen molar-refractivity contribution in [2.45, 2.75) is 25.7 Å². The van der Waals surface area contributed by atoms with E-state index >= 15 is 0 Å². The minimum Gasteiger partial charge on any atom is -0.508 e. The molecular formula is C18H18O2. The number of Topliss-reactive ketones (excluding diaryl/α,β-unsaturated/α-hetero) is 1. The Labute approximate surface area is 119 Å². The van der Waals surface area contributed by atoms with Crippen LogP contribution in [0.4, 0.5) is 0 Å². The highest BCUT2D eigenvalue weighted by Gasteiger charge is 2.23. The zero-order chi connectivity index (χ0) is 13.9. The normalized spacial score (nSPS) is 15.4. The van der Waals surface area contributed by atoms with Gasteiger partial charge in [0.1, 0.15) is 5.75 Å². The predicted octanol–water partition coefficient (Wildman–Crippen LogP) is 4.43. The van der Waals surface area contributed by atoms with Gasteiger partial charge in [-0.2, -0.15) is 0 Å². The number of phenolic OH excluding ortho intramolecular Hbond substituents is 1. The Balaban J connectivity index is 1.80. The van der Waals surface area contributed by atoms with E-state index in [0.717, 1.165) is 29.5 Å². The van der Waals surface area contributed by atoms with Crippen LogP contribution in [-0.2, 0) is 0 Å². The summed E-state index contributed by atoms with van der Waals surface area (Å²) in [4.78, 5) is 12.3. The first-order valence-corrected chi connectivity index (χ1v) is 7.18. The molecular weight excluding hydrogens is 248 g/mol. The quantitative estimate of drug-likeness (QED) is 0.834. The Morgan fingerprint density at radius 2 is 1.35 bits per heavy atom. The van der Waals surface area contributed by atoms with Gasteiger partial charge in [-0.3, -0.25) is 4.79 Å². The number of hydrogen-bond acceptors (Lipinski definition) is 2. The Bertz CT molecular complexity index is 590. The summed E-state index contributed by atoms with van der Waals surface area (Å²) in [5, 5.41) is 9.30. The molecule has 1 aliphatic rings. The van der Waals surface area contributed by atoms with Crippen LogP contribution in [0.3, 0.4) is 0 Å². The molecule has 2 nitrogen and oxygen atoms in total. The highest BCUT2D eigenvalue weighted by atomic mass is 16.3. The van der Waals surface area contributed by atoms with Crippen LogP contribution in [0.15, 0.2) is 48.5 Å². The Morgan fingerprint density at radius 3 is 1.90 bits per heavy atom. The van der Waals surface area contributed by atoms with Crippen LogP contribution in [0.2, 0.25) is 0 Å². The monoisotopic (exact) mass is 266 g/mol. The molecule has 0 aromatic heterocycles. The van der Waals surface area contributed by atoms with E-state index in [4.69, 9.17) is 0 Å². The summed E-state index contributed by atoms with van der Waals surface area (Å²) in [5.41, 5.74) is 2.93. The predicted molar refractivity (Wildman–Crippen MR) is 79.8 cm³/mol. The lowest BCUT2D eigenvalue weighted by atomic mass is 9.94. The fourth-order valence-corrected chi connectivity index (χ4v) is 2.90. The van der Waals surface area contributed by atoms with Gasteiger partial charge in [0, 0.05) is 11.5 Å². The SMILES string of the molecule is O=C(c1ccc(-c2ccc(O)cc2)cc1)C1CCCC1. The molecule has 0 heterocycles. The Hall–Kier alpha value is -2.09. The van der Waals surface area contributed by atoms with Crippen molar-refractivity contribution in [2.24, 2.45) is 5.92 Å². The first kappa shape index (κ1) is 12.9. The summed E-state index contributed by atoms with van der Waals surface area (Å²) >= 11 is 0. The number of hydrogen-bond donors (Lipinski definition) is 1. The van der Waals surface area contributed by atoms with Crippen molar-refractivity contribution in [2.75, 3.05) is 0 Å². The standard InChI is InChI=1S/C18H18O2/c19-17-11-9-14(10-12-17)13-5-7-16(8-6-13)18(20)15-3-1-2-4-15/h5-12,15,19H,1-4H2. The van der Waals surface area contributed by atoms with Crippen LogP contribution in [0.5, 0.6) is 5.75 Å². The molecule has 2 aromatic carbocycles. The third kappa shape index (κ3) is 2.60. The molecule has 3 rings (SSSR count). The first-order valence-electron chi connectivity index (χ1n) is 7.18. The van der Waals surface area contributed by atoms with Gasteiger partial charge in [-0.25, -0.2) is 0 Å². The van der Waals surface area contributed by atoms with E-state index in [1.54, 1.807) is 12.1 Å². The topological polar surface area (TPSA) is 37.3 Å². The van der Waals surface area contributed by atoms with Crippen molar-refractivity contribution in [1.82, 2.24) is 0 Å². The van der Waals surface area contributed by atoms with E-state index in [0.29, 0.717) is 5.78 Å². The summed E-state index contributed by atoms with van der Waals surface area (Å²) in [6, 6.07) is 14.9. The van der Waals surface area contributed by atoms with Crippen LogP contribution in [0, 0.1) is 5.92 Å². The second-order valence-corrected chi connectivity index (χ2v) is 5.47. The molecule has 1 N–H and O–H groups in total.